The van der Waals surface area contributed by atoms with E-state index in [2.05, 4.69) is 52.0 Å². The monoisotopic (exact) mass is 274 g/mol. The molecule has 1 aliphatic rings. The Hall–Kier alpha value is -1.12. The lowest BCUT2D eigenvalue weighted by molar-refractivity contribution is 0.0784. The van der Waals surface area contributed by atoms with E-state index >= 15 is 0 Å². The van der Waals surface area contributed by atoms with Gasteiger partial charge in [-0.25, -0.2) is 0 Å². The second-order valence-corrected chi connectivity index (χ2v) is 6.80. The van der Waals surface area contributed by atoms with Crippen LogP contribution >= 0.6 is 0 Å². The summed E-state index contributed by atoms with van der Waals surface area (Å²) in [5.74, 6) is 0. The quantitative estimate of drug-likeness (QED) is 0.828. The van der Waals surface area contributed by atoms with Gasteiger partial charge in [-0.15, -0.1) is 0 Å². The molecule has 0 N–H and O–H groups in total. The topological polar surface area (TPSA) is 18.5 Å². The number of methoxy groups -OCH3 is 2. The first-order valence-corrected chi connectivity index (χ1v) is 7.17. The Kier molecular flexibility index (Phi) is 4.08. The first kappa shape index (κ1) is 15.3. The van der Waals surface area contributed by atoms with Crippen LogP contribution in [0.5, 0.6) is 0 Å². The predicted octanol–water partition coefficient (Wildman–Crippen LogP) is 3.93. The summed E-state index contributed by atoms with van der Waals surface area (Å²) in [5.41, 5.74) is 5.36. The Bertz CT molecular complexity index is 515. The summed E-state index contributed by atoms with van der Waals surface area (Å²) in [6.07, 6.45) is 2.28. The summed E-state index contributed by atoms with van der Waals surface area (Å²) in [5, 5.41) is 0. The van der Waals surface area contributed by atoms with Crippen LogP contribution in [0.25, 0.3) is 6.08 Å². The van der Waals surface area contributed by atoms with Crippen molar-refractivity contribution in [3.63, 3.8) is 0 Å². The number of benzene rings is 1. The molecule has 0 amide bonds. The minimum absolute atomic E-state index is 0.108. The molecule has 1 aromatic rings. The molecule has 2 heteroatoms. The summed E-state index contributed by atoms with van der Waals surface area (Å²) in [6, 6.07) is 6.59. The van der Waals surface area contributed by atoms with E-state index in [0.717, 1.165) is 0 Å². The lowest BCUT2D eigenvalue weighted by Gasteiger charge is -2.36. The van der Waals surface area contributed by atoms with E-state index in [4.69, 9.17) is 9.47 Å². The average molecular weight is 274 g/mol. The van der Waals surface area contributed by atoms with Crippen molar-refractivity contribution < 1.29 is 9.47 Å². The molecule has 0 aliphatic heterocycles. The smallest absolute Gasteiger partial charge is 0.0638 e. The highest BCUT2D eigenvalue weighted by atomic mass is 16.5. The maximum atomic E-state index is 5.56. The molecular weight excluding hydrogens is 248 g/mol. The van der Waals surface area contributed by atoms with Crippen molar-refractivity contribution >= 4 is 6.08 Å². The predicted molar refractivity (Wildman–Crippen MR) is 84.2 cm³/mol. The van der Waals surface area contributed by atoms with Crippen LogP contribution in [0.1, 0.15) is 44.4 Å². The van der Waals surface area contributed by atoms with Gasteiger partial charge in [-0.1, -0.05) is 50.6 Å². The molecule has 110 valence electrons. The van der Waals surface area contributed by atoms with Gasteiger partial charge < -0.3 is 9.47 Å². The van der Waals surface area contributed by atoms with Gasteiger partial charge in [0.15, 0.2) is 0 Å². The summed E-state index contributed by atoms with van der Waals surface area (Å²) in [6.45, 7) is 10.3. The van der Waals surface area contributed by atoms with Gasteiger partial charge in [-0.2, -0.15) is 0 Å². The Morgan fingerprint density at radius 1 is 1.05 bits per heavy atom. The van der Waals surface area contributed by atoms with E-state index in [1.807, 2.05) is 0 Å². The van der Waals surface area contributed by atoms with Crippen molar-refractivity contribution in [3.05, 3.63) is 40.5 Å². The van der Waals surface area contributed by atoms with Gasteiger partial charge in [0.1, 0.15) is 0 Å². The van der Waals surface area contributed by atoms with E-state index in [-0.39, 0.29) is 10.8 Å². The molecule has 0 spiro atoms. The molecule has 20 heavy (non-hydrogen) atoms. The fourth-order valence-electron chi connectivity index (χ4n) is 3.32. The molecule has 0 saturated carbocycles. The molecule has 2 nitrogen and oxygen atoms in total. The molecule has 0 heterocycles. The van der Waals surface area contributed by atoms with Crippen molar-refractivity contribution in [2.75, 3.05) is 27.4 Å². The summed E-state index contributed by atoms with van der Waals surface area (Å²) < 4.78 is 11.1. The highest BCUT2D eigenvalue weighted by Crippen LogP contribution is 2.46. The molecule has 0 bridgehead atoms. The van der Waals surface area contributed by atoms with Gasteiger partial charge in [0.05, 0.1) is 18.6 Å². The van der Waals surface area contributed by atoms with Crippen LogP contribution in [-0.4, -0.2) is 27.4 Å². The van der Waals surface area contributed by atoms with E-state index in [1.54, 1.807) is 14.2 Å². The van der Waals surface area contributed by atoms with Crippen molar-refractivity contribution in [2.45, 2.75) is 38.5 Å². The SMILES string of the molecule is COCC1(COC)C(C)=Cc2cccc(C(C)(C)C)c21. The highest BCUT2D eigenvalue weighted by Gasteiger charge is 2.43. The van der Waals surface area contributed by atoms with E-state index in [0.29, 0.717) is 13.2 Å². The van der Waals surface area contributed by atoms with Crippen molar-refractivity contribution in [1.82, 2.24) is 0 Å². The second-order valence-electron chi connectivity index (χ2n) is 6.80. The van der Waals surface area contributed by atoms with E-state index < -0.39 is 0 Å². The van der Waals surface area contributed by atoms with Gasteiger partial charge in [0.25, 0.3) is 0 Å². The Morgan fingerprint density at radius 2 is 1.65 bits per heavy atom. The standard InChI is InChI=1S/C18H26O2/c1-13-10-14-8-7-9-15(17(2,3)4)16(14)18(13,11-19-5)12-20-6/h7-10H,11-12H2,1-6H3. The number of hydrogen-bond acceptors (Lipinski definition) is 2. The Labute approximate surface area is 122 Å². The van der Waals surface area contributed by atoms with Gasteiger partial charge in [0, 0.05) is 14.2 Å². The molecule has 2 rings (SSSR count). The van der Waals surface area contributed by atoms with Crippen LogP contribution in [0, 0.1) is 0 Å². The Balaban J connectivity index is 2.68. The van der Waals surface area contributed by atoms with Crippen LogP contribution in [0.4, 0.5) is 0 Å². The third kappa shape index (κ3) is 2.32. The summed E-state index contributed by atoms with van der Waals surface area (Å²) >= 11 is 0. The van der Waals surface area contributed by atoms with Gasteiger partial charge in [0.2, 0.25) is 0 Å². The van der Waals surface area contributed by atoms with Gasteiger partial charge in [-0.05, 0) is 29.0 Å². The molecule has 1 aliphatic carbocycles. The zero-order valence-electron chi connectivity index (χ0n) is 13.5. The lowest BCUT2D eigenvalue weighted by Crippen LogP contribution is -2.38. The largest absolute Gasteiger partial charge is 0.383 e. The zero-order chi connectivity index (χ0) is 15.0. The minimum Gasteiger partial charge on any atom is -0.383 e. The summed E-state index contributed by atoms with van der Waals surface area (Å²) in [4.78, 5) is 0. The zero-order valence-corrected chi connectivity index (χ0v) is 13.5. The van der Waals surface area contributed by atoms with Gasteiger partial charge in [-0.3, -0.25) is 0 Å². The highest BCUT2D eigenvalue weighted by molar-refractivity contribution is 5.71. The maximum Gasteiger partial charge on any atom is 0.0638 e. The molecule has 0 unspecified atom stereocenters. The molecular formula is C18H26O2. The van der Waals surface area contributed by atoms with Crippen molar-refractivity contribution in [1.29, 1.82) is 0 Å². The molecule has 0 fully saturated rings. The first-order chi connectivity index (χ1) is 9.36. The third-order valence-corrected chi connectivity index (χ3v) is 4.29. The molecule has 0 saturated heterocycles. The molecule has 0 radical (unpaired) electrons. The fraction of sp³-hybridized carbons (Fsp3) is 0.556. The maximum absolute atomic E-state index is 5.56. The van der Waals surface area contributed by atoms with Crippen LogP contribution in [-0.2, 0) is 20.3 Å². The van der Waals surface area contributed by atoms with Crippen LogP contribution < -0.4 is 0 Å². The van der Waals surface area contributed by atoms with Gasteiger partial charge >= 0.3 is 0 Å². The van der Waals surface area contributed by atoms with E-state index in [1.165, 1.54) is 22.3 Å². The fourth-order valence-corrected chi connectivity index (χ4v) is 3.32. The number of ether oxygens (including phenoxy) is 2. The minimum atomic E-state index is -0.150. The lowest BCUT2D eigenvalue weighted by atomic mass is 9.71. The number of fused-ring (bicyclic) bond motifs is 1. The van der Waals surface area contributed by atoms with Crippen LogP contribution in [0.2, 0.25) is 0 Å². The number of hydrogen-bond donors (Lipinski definition) is 0. The second kappa shape index (κ2) is 5.34. The third-order valence-electron chi connectivity index (χ3n) is 4.29. The molecule has 0 atom stereocenters. The average Bonchev–Trinajstić information content (AvgIpc) is 2.62. The molecule has 0 aromatic heterocycles. The Morgan fingerprint density at radius 3 is 2.15 bits per heavy atom. The first-order valence-electron chi connectivity index (χ1n) is 7.17. The van der Waals surface area contributed by atoms with Crippen LogP contribution in [0.15, 0.2) is 23.8 Å². The summed E-state index contributed by atoms with van der Waals surface area (Å²) in [7, 11) is 3.53. The van der Waals surface area contributed by atoms with Crippen molar-refractivity contribution in [2.24, 2.45) is 0 Å². The molecule has 1 aromatic carbocycles. The van der Waals surface area contributed by atoms with Crippen molar-refractivity contribution in [3.8, 4) is 0 Å². The van der Waals surface area contributed by atoms with Crippen LogP contribution in [0.3, 0.4) is 0 Å². The number of rotatable bonds is 4. The normalized spacial score (nSPS) is 17.0. The van der Waals surface area contributed by atoms with E-state index in [9.17, 15) is 0 Å².